The monoisotopic (exact) mass is 140 g/mol. The van der Waals surface area contributed by atoms with E-state index in [9.17, 15) is 0 Å². The van der Waals surface area contributed by atoms with Gasteiger partial charge in [0.1, 0.15) is 6.10 Å². The summed E-state index contributed by atoms with van der Waals surface area (Å²) < 4.78 is 9.90. The molecule has 0 spiro atoms. The highest BCUT2D eigenvalue weighted by Gasteiger charge is 2.20. The van der Waals surface area contributed by atoms with E-state index in [0.29, 0.717) is 5.82 Å². The van der Waals surface area contributed by atoms with E-state index >= 15 is 0 Å². The third kappa shape index (κ3) is 0.903. The van der Waals surface area contributed by atoms with E-state index in [1.54, 1.807) is 0 Å². The molecular weight excluding hydrogens is 132 g/mol. The van der Waals surface area contributed by atoms with Gasteiger partial charge in [0.15, 0.2) is 5.82 Å². The number of rotatable bonds is 1. The Morgan fingerprint density at radius 3 is 3.20 bits per heavy atom. The van der Waals surface area contributed by atoms with Gasteiger partial charge in [0.05, 0.1) is 0 Å². The van der Waals surface area contributed by atoms with E-state index in [1.807, 2.05) is 0 Å². The zero-order chi connectivity index (χ0) is 6.81. The fourth-order valence-electron chi connectivity index (χ4n) is 1.10. The first-order valence-electron chi connectivity index (χ1n) is 3.34. The summed E-state index contributed by atoms with van der Waals surface area (Å²) in [5.41, 5.74) is 0. The van der Waals surface area contributed by atoms with Crippen molar-refractivity contribution in [3.63, 3.8) is 0 Å². The Morgan fingerprint density at radius 2 is 2.60 bits per heavy atom. The van der Waals surface area contributed by atoms with E-state index in [1.165, 1.54) is 6.39 Å². The Hall–Kier alpha value is -0.900. The van der Waals surface area contributed by atoms with E-state index in [4.69, 9.17) is 4.74 Å². The van der Waals surface area contributed by atoms with Crippen LogP contribution in [0.4, 0.5) is 0 Å². The van der Waals surface area contributed by atoms with Gasteiger partial charge in [-0.3, -0.25) is 0 Å². The van der Waals surface area contributed by atoms with Crippen LogP contribution in [0, 0.1) is 0 Å². The molecule has 1 aromatic rings. The number of hydrogen-bond donors (Lipinski definition) is 0. The van der Waals surface area contributed by atoms with E-state index < -0.39 is 0 Å². The van der Waals surface area contributed by atoms with E-state index in [0.717, 1.165) is 19.4 Å². The van der Waals surface area contributed by atoms with Gasteiger partial charge >= 0.3 is 0 Å². The molecule has 2 rings (SSSR count). The van der Waals surface area contributed by atoms with Crippen LogP contribution in [-0.4, -0.2) is 16.7 Å². The molecule has 1 unspecified atom stereocenters. The second-order valence-electron chi connectivity index (χ2n) is 2.29. The molecule has 1 aromatic heterocycles. The highest BCUT2D eigenvalue weighted by Crippen LogP contribution is 2.24. The summed E-state index contributed by atoms with van der Waals surface area (Å²) >= 11 is 0. The number of aromatic nitrogens is 2. The second-order valence-corrected chi connectivity index (χ2v) is 2.29. The van der Waals surface area contributed by atoms with Crippen LogP contribution in [0.25, 0.3) is 0 Å². The number of ether oxygens (including phenoxy) is 1. The Labute approximate surface area is 58.2 Å². The van der Waals surface area contributed by atoms with Crippen molar-refractivity contribution in [2.75, 3.05) is 6.61 Å². The van der Waals surface area contributed by atoms with Crippen molar-refractivity contribution in [3.8, 4) is 0 Å². The van der Waals surface area contributed by atoms with Gasteiger partial charge < -0.3 is 9.26 Å². The first-order valence-corrected chi connectivity index (χ1v) is 3.34. The molecule has 0 saturated carbocycles. The minimum Gasteiger partial charge on any atom is -0.370 e. The Kier molecular flexibility index (Phi) is 1.39. The lowest BCUT2D eigenvalue weighted by Gasteiger charge is -2.00. The summed E-state index contributed by atoms with van der Waals surface area (Å²) in [6.07, 6.45) is 3.52. The average molecular weight is 140 g/mol. The summed E-state index contributed by atoms with van der Waals surface area (Å²) in [7, 11) is 0. The van der Waals surface area contributed by atoms with Crippen molar-refractivity contribution in [3.05, 3.63) is 12.2 Å². The summed E-state index contributed by atoms with van der Waals surface area (Å²) in [5.74, 6) is 0.678. The van der Waals surface area contributed by atoms with E-state index in [-0.39, 0.29) is 6.10 Å². The van der Waals surface area contributed by atoms with Crippen molar-refractivity contribution in [1.82, 2.24) is 10.1 Å². The highest BCUT2D eigenvalue weighted by molar-refractivity contribution is 4.87. The summed E-state index contributed by atoms with van der Waals surface area (Å²) in [5, 5.41) is 3.69. The predicted molar refractivity (Wildman–Crippen MR) is 32.2 cm³/mol. The lowest BCUT2D eigenvalue weighted by molar-refractivity contribution is 0.103. The molecule has 54 valence electrons. The molecule has 1 atom stereocenters. The fraction of sp³-hybridized carbons (Fsp3) is 0.667. The molecule has 0 radical (unpaired) electrons. The molecule has 0 N–H and O–H groups in total. The Morgan fingerprint density at radius 1 is 1.60 bits per heavy atom. The molecule has 0 amide bonds. The van der Waals surface area contributed by atoms with Gasteiger partial charge in [0, 0.05) is 6.61 Å². The maximum Gasteiger partial charge on any atom is 0.213 e. The van der Waals surface area contributed by atoms with Gasteiger partial charge in [-0.1, -0.05) is 5.16 Å². The van der Waals surface area contributed by atoms with Crippen molar-refractivity contribution >= 4 is 0 Å². The van der Waals surface area contributed by atoms with Gasteiger partial charge in [0.25, 0.3) is 0 Å². The van der Waals surface area contributed by atoms with Gasteiger partial charge in [0.2, 0.25) is 6.39 Å². The normalized spacial score (nSPS) is 25.4. The molecule has 1 saturated heterocycles. The van der Waals surface area contributed by atoms with Gasteiger partial charge in [-0.05, 0) is 12.8 Å². The molecule has 10 heavy (non-hydrogen) atoms. The van der Waals surface area contributed by atoms with Crippen LogP contribution in [0.1, 0.15) is 24.8 Å². The molecule has 1 aliphatic rings. The average Bonchev–Trinajstić information content (AvgIpc) is 2.59. The summed E-state index contributed by atoms with van der Waals surface area (Å²) in [4.78, 5) is 3.90. The minimum atomic E-state index is 0.0822. The number of hydrogen-bond acceptors (Lipinski definition) is 4. The lowest BCUT2D eigenvalue weighted by atomic mass is 10.2. The number of nitrogens with zero attached hydrogens (tertiary/aromatic N) is 2. The van der Waals surface area contributed by atoms with Crippen LogP contribution in [0.3, 0.4) is 0 Å². The van der Waals surface area contributed by atoms with Crippen molar-refractivity contribution in [1.29, 1.82) is 0 Å². The highest BCUT2D eigenvalue weighted by atomic mass is 16.5. The smallest absolute Gasteiger partial charge is 0.213 e. The van der Waals surface area contributed by atoms with Crippen LogP contribution >= 0.6 is 0 Å². The Bertz CT molecular complexity index is 192. The topological polar surface area (TPSA) is 48.2 Å². The minimum absolute atomic E-state index is 0.0822. The molecule has 0 bridgehead atoms. The van der Waals surface area contributed by atoms with E-state index in [2.05, 4.69) is 14.7 Å². The zero-order valence-electron chi connectivity index (χ0n) is 5.49. The molecule has 4 nitrogen and oxygen atoms in total. The quantitative estimate of drug-likeness (QED) is 0.582. The largest absolute Gasteiger partial charge is 0.370 e. The van der Waals surface area contributed by atoms with Crippen molar-refractivity contribution in [2.45, 2.75) is 18.9 Å². The standard InChI is InChI=1S/C6H8N2O2/c1-2-5(9-3-1)6-7-4-10-8-6/h4-5H,1-3H2. The van der Waals surface area contributed by atoms with Gasteiger partial charge in [-0.25, -0.2) is 0 Å². The molecule has 1 fully saturated rings. The maximum absolute atomic E-state index is 5.31. The van der Waals surface area contributed by atoms with Crippen LogP contribution < -0.4 is 0 Å². The molecule has 2 heterocycles. The molecule has 1 aliphatic heterocycles. The Balaban J connectivity index is 2.12. The molecule has 0 aromatic carbocycles. The summed E-state index contributed by atoms with van der Waals surface area (Å²) in [6, 6.07) is 0. The molecular formula is C6H8N2O2. The third-order valence-electron chi connectivity index (χ3n) is 1.60. The zero-order valence-corrected chi connectivity index (χ0v) is 5.49. The van der Waals surface area contributed by atoms with Gasteiger partial charge in [-0.2, -0.15) is 4.98 Å². The lowest BCUT2D eigenvalue weighted by Crippen LogP contribution is -1.97. The van der Waals surface area contributed by atoms with Crippen LogP contribution in [-0.2, 0) is 4.74 Å². The maximum atomic E-state index is 5.31. The predicted octanol–water partition coefficient (Wildman–Crippen LogP) is 0.921. The van der Waals surface area contributed by atoms with Gasteiger partial charge in [-0.15, -0.1) is 0 Å². The second kappa shape index (κ2) is 2.38. The van der Waals surface area contributed by atoms with Crippen molar-refractivity contribution in [2.24, 2.45) is 0 Å². The first kappa shape index (κ1) is 5.85. The molecule has 0 aliphatic carbocycles. The fourth-order valence-corrected chi connectivity index (χ4v) is 1.10. The first-order chi connectivity index (χ1) is 4.97. The van der Waals surface area contributed by atoms with Crippen LogP contribution in [0.15, 0.2) is 10.9 Å². The SMILES string of the molecule is c1nc(C2CCCO2)no1. The van der Waals surface area contributed by atoms with Crippen molar-refractivity contribution < 1.29 is 9.26 Å². The third-order valence-corrected chi connectivity index (χ3v) is 1.60. The van der Waals surface area contributed by atoms with Crippen LogP contribution in [0.2, 0.25) is 0 Å². The molecule has 4 heteroatoms. The van der Waals surface area contributed by atoms with Crippen LogP contribution in [0.5, 0.6) is 0 Å². The summed E-state index contributed by atoms with van der Waals surface area (Å²) in [6.45, 7) is 0.819.